The lowest BCUT2D eigenvalue weighted by Gasteiger charge is -2.39. The fraction of sp³-hybridized carbons (Fsp3) is 0.706. The molecule has 0 radical (unpaired) electrons. The Morgan fingerprint density at radius 3 is 2.52 bits per heavy atom. The minimum Gasteiger partial charge on any atom is -0.481 e. The number of carboxylic acid groups (broad SMARTS) is 1. The van der Waals surface area contributed by atoms with Crippen molar-refractivity contribution in [1.82, 2.24) is 14.7 Å². The van der Waals surface area contributed by atoms with Crippen LogP contribution in [-0.2, 0) is 16.1 Å². The van der Waals surface area contributed by atoms with E-state index < -0.39 is 11.4 Å². The van der Waals surface area contributed by atoms with Gasteiger partial charge in [-0.05, 0) is 44.1 Å². The van der Waals surface area contributed by atoms with E-state index in [0.717, 1.165) is 38.9 Å². The molecule has 1 N–H and O–H groups in total. The van der Waals surface area contributed by atoms with Crippen molar-refractivity contribution in [2.75, 3.05) is 13.1 Å². The number of aryl methyl sites for hydroxylation is 1. The molecule has 0 atom stereocenters. The number of piperidine rings is 1. The highest BCUT2D eigenvalue weighted by Gasteiger charge is 2.46. The Labute approximate surface area is 136 Å². The summed E-state index contributed by atoms with van der Waals surface area (Å²) in [5.74, 6) is -0.342. The molecule has 1 aromatic heterocycles. The number of rotatable bonds is 5. The normalized spacial score (nSPS) is 21.0. The van der Waals surface area contributed by atoms with E-state index in [4.69, 9.17) is 0 Å². The molecule has 1 amide bonds. The molecule has 1 saturated heterocycles. The van der Waals surface area contributed by atoms with Crippen LogP contribution in [0.5, 0.6) is 0 Å². The van der Waals surface area contributed by atoms with Gasteiger partial charge in [-0.25, -0.2) is 0 Å². The molecule has 2 heterocycles. The van der Waals surface area contributed by atoms with E-state index in [9.17, 15) is 14.7 Å². The van der Waals surface area contributed by atoms with E-state index in [1.165, 1.54) is 5.56 Å². The van der Waals surface area contributed by atoms with Crippen LogP contribution < -0.4 is 0 Å². The highest BCUT2D eigenvalue weighted by molar-refractivity contribution is 5.85. The summed E-state index contributed by atoms with van der Waals surface area (Å²) in [6.45, 7) is 4.37. The number of amides is 1. The lowest BCUT2D eigenvalue weighted by atomic mass is 9.66. The van der Waals surface area contributed by atoms with Gasteiger partial charge in [0.1, 0.15) is 0 Å². The van der Waals surface area contributed by atoms with Crippen LogP contribution in [0.3, 0.4) is 0 Å². The fourth-order valence-corrected chi connectivity index (χ4v) is 3.70. The molecule has 1 aromatic rings. The van der Waals surface area contributed by atoms with E-state index in [-0.39, 0.29) is 12.3 Å². The van der Waals surface area contributed by atoms with E-state index in [0.29, 0.717) is 18.8 Å². The Morgan fingerprint density at radius 1 is 1.35 bits per heavy atom. The molecule has 23 heavy (non-hydrogen) atoms. The molecule has 0 aromatic carbocycles. The first kappa shape index (κ1) is 16.0. The average Bonchev–Trinajstić information content (AvgIpc) is 2.99. The first-order valence-electron chi connectivity index (χ1n) is 8.57. The predicted molar refractivity (Wildman–Crippen MR) is 85.0 cm³/mol. The predicted octanol–water partition coefficient (Wildman–Crippen LogP) is 2.25. The third kappa shape index (κ3) is 3.12. The molecule has 2 fully saturated rings. The Bertz CT molecular complexity index is 584. The number of hydrogen-bond donors (Lipinski definition) is 1. The topological polar surface area (TPSA) is 75.4 Å². The van der Waals surface area contributed by atoms with Crippen LogP contribution in [-0.4, -0.2) is 44.8 Å². The number of likely N-dealkylation sites (tertiary alicyclic amines) is 1. The summed E-state index contributed by atoms with van der Waals surface area (Å²) >= 11 is 0. The summed E-state index contributed by atoms with van der Waals surface area (Å²) < 4.78 is 1.93. The van der Waals surface area contributed by atoms with Crippen molar-refractivity contribution in [2.45, 2.75) is 57.9 Å². The Hall–Kier alpha value is -1.85. The first-order valence-corrected chi connectivity index (χ1v) is 8.57. The van der Waals surface area contributed by atoms with E-state index in [2.05, 4.69) is 18.2 Å². The fourth-order valence-electron chi connectivity index (χ4n) is 3.70. The van der Waals surface area contributed by atoms with Crippen LogP contribution >= 0.6 is 0 Å². The lowest BCUT2D eigenvalue weighted by Crippen LogP contribution is -2.45. The monoisotopic (exact) mass is 319 g/mol. The largest absolute Gasteiger partial charge is 0.481 e. The molecule has 0 unspecified atom stereocenters. The Morgan fingerprint density at radius 2 is 2.04 bits per heavy atom. The molecule has 2 aliphatic rings. The summed E-state index contributed by atoms with van der Waals surface area (Å²) in [6.07, 6.45) is 8.25. The number of carboxylic acids is 1. The van der Waals surface area contributed by atoms with Gasteiger partial charge in [-0.2, -0.15) is 5.10 Å². The zero-order chi connectivity index (χ0) is 16.4. The molecular weight excluding hydrogens is 294 g/mol. The number of nitrogens with zero attached hydrogens (tertiary/aromatic N) is 3. The lowest BCUT2D eigenvalue weighted by molar-refractivity contribution is -0.159. The van der Waals surface area contributed by atoms with Crippen molar-refractivity contribution in [1.29, 1.82) is 0 Å². The van der Waals surface area contributed by atoms with Gasteiger partial charge in [0, 0.05) is 32.3 Å². The van der Waals surface area contributed by atoms with Crippen LogP contribution in [0.4, 0.5) is 0 Å². The number of aromatic nitrogens is 2. The zero-order valence-corrected chi connectivity index (χ0v) is 13.7. The molecule has 6 heteroatoms. The molecule has 1 aliphatic carbocycles. The summed E-state index contributed by atoms with van der Waals surface area (Å²) in [5.41, 5.74) is 0.468. The second kappa shape index (κ2) is 6.34. The Balaban J connectivity index is 1.54. The first-order chi connectivity index (χ1) is 11.0. The maximum Gasteiger partial charge on any atom is 0.310 e. The molecule has 126 valence electrons. The highest BCUT2D eigenvalue weighted by atomic mass is 16.4. The third-order valence-corrected chi connectivity index (χ3v) is 5.55. The van der Waals surface area contributed by atoms with E-state index in [1.54, 1.807) is 0 Å². The maximum absolute atomic E-state index is 12.5. The van der Waals surface area contributed by atoms with Crippen LogP contribution in [0.15, 0.2) is 12.4 Å². The summed E-state index contributed by atoms with van der Waals surface area (Å²) in [5, 5.41) is 13.7. The van der Waals surface area contributed by atoms with Crippen molar-refractivity contribution in [3.63, 3.8) is 0 Å². The Kier molecular flexibility index (Phi) is 4.41. The molecule has 3 rings (SSSR count). The van der Waals surface area contributed by atoms with Crippen LogP contribution in [0, 0.1) is 5.41 Å². The van der Waals surface area contributed by atoms with Gasteiger partial charge in [-0.15, -0.1) is 0 Å². The quantitative estimate of drug-likeness (QED) is 0.903. The van der Waals surface area contributed by atoms with Crippen molar-refractivity contribution in [2.24, 2.45) is 5.41 Å². The molecular formula is C17H25N3O3. The van der Waals surface area contributed by atoms with Crippen LogP contribution in [0.25, 0.3) is 0 Å². The zero-order valence-electron chi connectivity index (χ0n) is 13.7. The van der Waals surface area contributed by atoms with Gasteiger partial charge < -0.3 is 10.0 Å². The van der Waals surface area contributed by atoms with Crippen molar-refractivity contribution in [3.05, 3.63) is 18.0 Å². The van der Waals surface area contributed by atoms with Gasteiger partial charge >= 0.3 is 5.97 Å². The van der Waals surface area contributed by atoms with E-state index in [1.807, 2.05) is 15.8 Å². The van der Waals surface area contributed by atoms with Gasteiger partial charge in [0.15, 0.2) is 0 Å². The van der Waals surface area contributed by atoms with Crippen LogP contribution in [0.1, 0.15) is 56.9 Å². The van der Waals surface area contributed by atoms with Crippen molar-refractivity contribution < 1.29 is 14.7 Å². The van der Waals surface area contributed by atoms with E-state index >= 15 is 0 Å². The van der Waals surface area contributed by atoms with Crippen molar-refractivity contribution in [3.8, 4) is 0 Å². The molecule has 0 bridgehead atoms. The maximum atomic E-state index is 12.5. The number of carbonyl (C=O) groups excluding carboxylic acids is 1. The van der Waals surface area contributed by atoms with Crippen LogP contribution in [0.2, 0.25) is 0 Å². The van der Waals surface area contributed by atoms with Crippen molar-refractivity contribution >= 4 is 11.9 Å². The van der Waals surface area contributed by atoms with Gasteiger partial charge in [0.2, 0.25) is 5.91 Å². The van der Waals surface area contributed by atoms with Gasteiger partial charge in [0.25, 0.3) is 0 Å². The highest BCUT2D eigenvalue weighted by Crippen LogP contribution is 2.44. The average molecular weight is 319 g/mol. The summed E-state index contributed by atoms with van der Waals surface area (Å²) in [7, 11) is 0. The smallest absolute Gasteiger partial charge is 0.310 e. The number of aliphatic carboxylic acids is 1. The van der Waals surface area contributed by atoms with Gasteiger partial charge in [-0.1, -0.05) is 6.42 Å². The minimum atomic E-state index is -0.807. The summed E-state index contributed by atoms with van der Waals surface area (Å²) in [6, 6.07) is 0. The molecule has 1 aliphatic heterocycles. The SMILES string of the molecule is CCn1cc(C2CCN(C(=O)CC3(C(=O)O)CCC3)CC2)cn1. The van der Waals surface area contributed by atoms with Gasteiger partial charge in [0.05, 0.1) is 11.6 Å². The third-order valence-electron chi connectivity index (χ3n) is 5.55. The second-order valence-electron chi connectivity index (χ2n) is 6.90. The standard InChI is InChI=1S/C17H25N3O3/c1-2-20-12-14(11-18-20)13-4-8-19(9-5-13)15(21)10-17(16(22)23)6-3-7-17/h11-13H,2-10H2,1H3,(H,22,23). The molecule has 0 spiro atoms. The minimum absolute atomic E-state index is 0.00908. The second-order valence-corrected chi connectivity index (χ2v) is 6.90. The van der Waals surface area contributed by atoms with Gasteiger partial charge in [-0.3, -0.25) is 14.3 Å². The molecule has 6 nitrogen and oxygen atoms in total. The number of hydrogen-bond acceptors (Lipinski definition) is 3. The number of carbonyl (C=O) groups is 2. The summed E-state index contributed by atoms with van der Waals surface area (Å²) in [4.78, 5) is 25.7. The molecule has 1 saturated carbocycles.